The Morgan fingerprint density at radius 1 is 0.886 bits per heavy atom. The summed E-state index contributed by atoms with van der Waals surface area (Å²) in [5.41, 5.74) is 0.122. The minimum absolute atomic E-state index is 0.0231. The zero-order chi connectivity index (χ0) is 32.6. The largest absolute Gasteiger partial charge is 0.394 e. The van der Waals surface area contributed by atoms with Gasteiger partial charge in [0.1, 0.15) is 24.4 Å². The third-order valence-electron chi connectivity index (χ3n) is 14.5. The Labute approximate surface area is 265 Å². The third kappa shape index (κ3) is 5.26. The molecule has 1 heterocycles. The second-order valence-corrected chi connectivity index (χ2v) is 17.3. The van der Waals surface area contributed by atoms with Gasteiger partial charge in [0, 0.05) is 0 Å². The summed E-state index contributed by atoms with van der Waals surface area (Å²) in [5.74, 6) is 0.792. The van der Waals surface area contributed by atoms with Gasteiger partial charge in [0.15, 0.2) is 6.29 Å². The second-order valence-electron chi connectivity index (χ2n) is 17.3. The molecule has 15 atom stereocenters. The molecule has 0 aromatic heterocycles. The Bertz CT molecular complexity index is 1070. The van der Waals surface area contributed by atoms with Crippen LogP contribution in [-0.4, -0.2) is 85.8 Å². The average molecular weight is 623 g/mol. The number of aliphatic hydroxyl groups is 6. The van der Waals surface area contributed by atoms with Crippen molar-refractivity contribution in [3.63, 3.8) is 0 Å². The van der Waals surface area contributed by atoms with E-state index in [9.17, 15) is 30.6 Å². The smallest absolute Gasteiger partial charge is 0.186 e. The molecule has 5 aliphatic rings. The highest BCUT2D eigenvalue weighted by molar-refractivity contribution is 5.20. The van der Waals surface area contributed by atoms with Crippen LogP contribution in [0, 0.1) is 45.3 Å². The van der Waals surface area contributed by atoms with E-state index < -0.39 is 49.0 Å². The number of hydrogen-bond acceptors (Lipinski definition) is 8. The van der Waals surface area contributed by atoms with Crippen molar-refractivity contribution in [3.8, 4) is 0 Å². The first-order chi connectivity index (χ1) is 20.3. The summed E-state index contributed by atoms with van der Waals surface area (Å²) in [6.07, 6.45) is 3.15. The quantitative estimate of drug-likeness (QED) is 0.182. The highest BCUT2D eigenvalue weighted by atomic mass is 16.7. The van der Waals surface area contributed by atoms with Gasteiger partial charge < -0.3 is 40.1 Å². The molecule has 254 valence electrons. The van der Waals surface area contributed by atoms with Crippen LogP contribution in [0.2, 0.25) is 0 Å². The topological polar surface area (TPSA) is 140 Å². The van der Waals surface area contributed by atoms with Crippen LogP contribution in [0.25, 0.3) is 0 Å². The van der Waals surface area contributed by atoms with Gasteiger partial charge in [-0.1, -0.05) is 46.3 Å². The summed E-state index contributed by atoms with van der Waals surface area (Å²) in [5, 5.41) is 64.8. The summed E-state index contributed by atoms with van der Waals surface area (Å²) in [4.78, 5) is 0. The lowest BCUT2D eigenvalue weighted by Gasteiger charge is -2.70. The fraction of sp³-hybridized carbons (Fsp3) is 0.944. The number of ether oxygens (including phenoxy) is 2. The molecule has 4 saturated carbocycles. The molecule has 7 unspecified atom stereocenters. The van der Waals surface area contributed by atoms with E-state index >= 15 is 0 Å². The summed E-state index contributed by atoms with van der Waals surface area (Å²) >= 11 is 0. The van der Waals surface area contributed by atoms with Crippen molar-refractivity contribution in [2.45, 2.75) is 162 Å². The normalized spacial score (nSPS) is 51.5. The predicted octanol–water partition coefficient (Wildman–Crippen LogP) is 4.32. The summed E-state index contributed by atoms with van der Waals surface area (Å²) in [6.45, 7) is 17.5. The van der Waals surface area contributed by atoms with Gasteiger partial charge >= 0.3 is 0 Å². The Kier molecular flexibility index (Phi) is 9.35. The Hall–Kier alpha value is -0.580. The van der Waals surface area contributed by atoms with Crippen molar-refractivity contribution in [3.05, 3.63) is 11.6 Å². The minimum atomic E-state index is -1.46. The molecule has 0 radical (unpaired) electrons. The zero-order valence-corrected chi connectivity index (χ0v) is 28.5. The molecule has 0 amide bonds. The molecule has 4 aliphatic carbocycles. The van der Waals surface area contributed by atoms with Gasteiger partial charge in [-0.05, 0) is 124 Å². The van der Waals surface area contributed by atoms with Crippen LogP contribution in [0.1, 0.15) is 113 Å². The zero-order valence-electron chi connectivity index (χ0n) is 28.5. The molecule has 1 saturated heterocycles. The third-order valence-corrected chi connectivity index (χ3v) is 14.5. The van der Waals surface area contributed by atoms with Crippen LogP contribution in [0.15, 0.2) is 11.6 Å². The Balaban J connectivity index is 1.37. The van der Waals surface area contributed by atoms with Crippen LogP contribution >= 0.6 is 0 Å². The summed E-state index contributed by atoms with van der Waals surface area (Å²) in [7, 11) is 0. The molecule has 8 heteroatoms. The lowest BCUT2D eigenvalue weighted by molar-refractivity contribution is -0.332. The molecule has 0 spiro atoms. The maximum Gasteiger partial charge on any atom is 0.186 e. The minimum Gasteiger partial charge on any atom is -0.394 e. The number of allylic oxidation sites excluding steroid dienone is 2. The Morgan fingerprint density at radius 3 is 2.18 bits per heavy atom. The van der Waals surface area contributed by atoms with Crippen LogP contribution in [-0.2, 0) is 9.47 Å². The molecule has 0 bridgehead atoms. The first-order valence-electron chi connectivity index (χ1n) is 17.3. The van der Waals surface area contributed by atoms with Crippen molar-refractivity contribution in [2.75, 3.05) is 6.61 Å². The molecular weight excluding hydrogens is 560 g/mol. The molecule has 0 aromatic rings. The fourth-order valence-electron chi connectivity index (χ4n) is 11.9. The molecule has 0 aromatic carbocycles. The van der Waals surface area contributed by atoms with Gasteiger partial charge in [0.25, 0.3) is 0 Å². The van der Waals surface area contributed by atoms with Crippen molar-refractivity contribution in [1.82, 2.24) is 0 Å². The molecule has 5 rings (SSSR count). The van der Waals surface area contributed by atoms with Gasteiger partial charge in [0.05, 0.1) is 24.4 Å². The van der Waals surface area contributed by atoms with E-state index in [0.717, 1.165) is 51.4 Å². The van der Waals surface area contributed by atoms with Gasteiger partial charge in [0.2, 0.25) is 0 Å². The monoisotopic (exact) mass is 622 g/mol. The molecule has 44 heavy (non-hydrogen) atoms. The number of fused-ring (bicyclic) bond motifs is 5. The summed E-state index contributed by atoms with van der Waals surface area (Å²) in [6, 6.07) is 0. The fourth-order valence-corrected chi connectivity index (χ4v) is 11.9. The van der Waals surface area contributed by atoms with E-state index in [-0.39, 0.29) is 39.6 Å². The number of aliphatic hydroxyl groups excluding tert-OH is 5. The van der Waals surface area contributed by atoms with E-state index in [1.54, 1.807) is 0 Å². The first kappa shape index (κ1) is 34.7. The van der Waals surface area contributed by atoms with E-state index in [1.165, 1.54) is 5.57 Å². The maximum atomic E-state index is 12.0. The van der Waals surface area contributed by atoms with E-state index in [2.05, 4.69) is 54.5 Å². The van der Waals surface area contributed by atoms with Crippen LogP contribution < -0.4 is 0 Å². The highest BCUT2D eigenvalue weighted by Crippen LogP contribution is 2.76. The van der Waals surface area contributed by atoms with E-state index in [0.29, 0.717) is 18.3 Å². The van der Waals surface area contributed by atoms with E-state index in [1.807, 2.05) is 6.92 Å². The van der Waals surface area contributed by atoms with Gasteiger partial charge in [-0.25, -0.2) is 0 Å². The van der Waals surface area contributed by atoms with Crippen molar-refractivity contribution in [1.29, 1.82) is 0 Å². The molecule has 8 nitrogen and oxygen atoms in total. The lowest BCUT2D eigenvalue weighted by atomic mass is 9.35. The standard InChI is InChI=1S/C36H62O8/c1-20(2)10-9-14-36(8,42)21-11-16-35(7)27(21)22(38)18-25-33(5)15-13-26(32(3,4)24(33)12-17-34(25,35)6)44-31-30(41)29(40)28(39)23(19-37)43-31/h10,21-31,37-42H,9,11-19H2,1-8H3/t21?,22-,23?,24?,25?,26?,27?,28-,29+,30?,31+,33+,34-,35-,36+/m1/s1. The number of rotatable bonds is 7. The van der Waals surface area contributed by atoms with Gasteiger partial charge in [-0.3, -0.25) is 0 Å². The molecule has 5 fully saturated rings. The molecular formula is C36H62O8. The summed E-state index contributed by atoms with van der Waals surface area (Å²) < 4.78 is 12.2. The average Bonchev–Trinajstić information content (AvgIpc) is 3.32. The lowest BCUT2D eigenvalue weighted by Crippen LogP contribution is -2.67. The highest BCUT2D eigenvalue weighted by Gasteiger charge is 2.71. The van der Waals surface area contributed by atoms with Crippen molar-refractivity contribution >= 4 is 0 Å². The maximum absolute atomic E-state index is 12.0. The van der Waals surface area contributed by atoms with Gasteiger partial charge in [-0.15, -0.1) is 0 Å². The van der Waals surface area contributed by atoms with E-state index in [4.69, 9.17) is 9.47 Å². The van der Waals surface area contributed by atoms with Crippen LogP contribution in [0.4, 0.5) is 0 Å². The Morgan fingerprint density at radius 2 is 1.55 bits per heavy atom. The van der Waals surface area contributed by atoms with Gasteiger partial charge in [-0.2, -0.15) is 0 Å². The van der Waals surface area contributed by atoms with Crippen LogP contribution in [0.3, 0.4) is 0 Å². The van der Waals surface area contributed by atoms with Crippen molar-refractivity contribution < 1.29 is 40.1 Å². The SMILES string of the molecule is CC(C)=CCC[C@](C)(O)C1CC[C@]2(C)C1[C@H](O)CC1[C@@]3(C)CCC(O[C@@H]4OC(CO)[C@@H](O)[C@H](O)C4O)C(C)(C)C3CC[C@]12C. The second kappa shape index (κ2) is 11.8. The van der Waals surface area contributed by atoms with Crippen LogP contribution in [0.5, 0.6) is 0 Å². The molecule has 1 aliphatic heterocycles. The predicted molar refractivity (Wildman–Crippen MR) is 168 cm³/mol. The first-order valence-corrected chi connectivity index (χ1v) is 17.3. The van der Waals surface area contributed by atoms with Crippen molar-refractivity contribution in [2.24, 2.45) is 45.3 Å². The number of hydrogen-bond donors (Lipinski definition) is 6. The molecule has 6 N–H and O–H groups in total.